The fourth-order valence-electron chi connectivity index (χ4n) is 5.01. The van der Waals surface area contributed by atoms with Crippen molar-refractivity contribution >= 4 is 23.3 Å². The molecule has 3 aliphatic heterocycles. The van der Waals surface area contributed by atoms with Gasteiger partial charge in [-0.1, -0.05) is 0 Å². The highest BCUT2D eigenvalue weighted by atomic mass is 16.6. The molecule has 0 atom stereocenters. The van der Waals surface area contributed by atoms with E-state index in [0.29, 0.717) is 11.1 Å². The van der Waals surface area contributed by atoms with Crippen molar-refractivity contribution in [3.8, 4) is 0 Å². The van der Waals surface area contributed by atoms with Crippen LogP contribution in [0.4, 0.5) is 11.4 Å². The minimum atomic E-state index is -0.470. The minimum absolute atomic E-state index is 0.469. The maximum absolute atomic E-state index is 12.9. The molecule has 30 heavy (non-hydrogen) atoms. The van der Waals surface area contributed by atoms with Crippen LogP contribution in [0, 0.1) is 0 Å². The van der Waals surface area contributed by atoms with Crippen LogP contribution in [0.15, 0.2) is 0 Å². The summed E-state index contributed by atoms with van der Waals surface area (Å²) in [7, 11) is 8.26. The zero-order valence-corrected chi connectivity index (χ0v) is 18.8. The Morgan fingerprint density at radius 3 is 1.70 bits per heavy atom. The molecule has 1 aromatic carbocycles. The second-order valence-electron chi connectivity index (χ2n) is 9.22. The lowest BCUT2D eigenvalue weighted by molar-refractivity contribution is 0.0444. The van der Waals surface area contributed by atoms with E-state index in [0.717, 1.165) is 82.7 Å². The predicted octanol–water partition coefficient (Wildman–Crippen LogP) is 2.02. The van der Waals surface area contributed by atoms with Crippen molar-refractivity contribution in [1.82, 2.24) is 9.80 Å². The van der Waals surface area contributed by atoms with E-state index < -0.39 is 11.9 Å². The topological polar surface area (TPSA) is 56.3 Å². The smallest absolute Gasteiger partial charge is 0.349 e. The van der Waals surface area contributed by atoms with Crippen molar-refractivity contribution in [2.24, 2.45) is 0 Å². The van der Waals surface area contributed by atoms with E-state index in [1.54, 1.807) is 0 Å². The fraction of sp³-hybridized carbons (Fsp3) is 0.652. The summed E-state index contributed by atoms with van der Waals surface area (Å²) in [4.78, 5) is 34.7. The lowest BCUT2D eigenvalue weighted by Crippen LogP contribution is -2.38. The van der Waals surface area contributed by atoms with E-state index in [1.807, 2.05) is 0 Å². The third kappa shape index (κ3) is 3.81. The standard InChI is InChI=1S/C23H34N4O3/c1-24(2)12-14-26-10-6-5-8-16-17-9-7-11-27(15-13-25(3)4)21(17)19-18(20(16)26)22(28)30-23(19)29/h5-15H2,1-4H3. The van der Waals surface area contributed by atoms with Crippen LogP contribution in [0.25, 0.3) is 0 Å². The Hall–Kier alpha value is -2.12. The van der Waals surface area contributed by atoms with Crippen molar-refractivity contribution in [2.75, 3.05) is 77.3 Å². The van der Waals surface area contributed by atoms with Crippen molar-refractivity contribution in [3.05, 3.63) is 22.3 Å². The first-order valence-corrected chi connectivity index (χ1v) is 11.2. The molecule has 0 unspecified atom stereocenters. The molecular formula is C23H34N4O3. The van der Waals surface area contributed by atoms with Crippen molar-refractivity contribution in [3.63, 3.8) is 0 Å². The van der Waals surface area contributed by atoms with E-state index in [4.69, 9.17) is 4.74 Å². The molecule has 0 saturated carbocycles. The van der Waals surface area contributed by atoms with Crippen LogP contribution in [0.3, 0.4) is 0 Å². The maximum atomic E-state index is 12.9. The van der Waals surface area contributed by atoms with Crippen LogP contribution < -0.4 is 9.80 Å². The Balaban J connectivity index is 1.88. The van der Waals surface area contributed by atoms with E-state index >= 15 is 0 Å². The number of anilines is 2. The third-order valence-electron chi connectivity index (χ3n) is 6.48. The van der Waals surface area contributed by atoms with Crippen LogP contribution in [0.5, 0.6) is 0 Å². The number of likely N-dealkylation sites (N-methyl/N-ethyl adjacent to an activating group) is 2. The molecule has 0 bridgehead atoms. The van der Waals surface area contributed by atoms with Gasteiger partial charge in [0, 0.05) is 39.3 Å². The molecule has 7 nitrogen and oxygen atoms in total. The van der Waals surface area contributed by atoms with Crippen molar-refractivity contribution in [2.45, 2.75) is 32.1 Å². The molecule has 0 fully saturated rings. The summed E-state index contributed by atoms with van der Waals surface area (Å²) in [6.45, 7) is 5.33. The number of ether oxygens (including phenoxy) is 1. The Morgan fingerprint density at radius 2 is 1.20 bits per heavy atom. The summed E-state index contributed by atoms with van der Waals surface area (Å²) in [5, 5.41) is 0. The van der Waals surface area contributed by atoms with Crippen LogP contribution in [0.2, 0.25) is 0 Å². The molecule has 0 aliphatic carbocycles. The maximum Gasteiger partial charge on any atom is 0.349 e. The summed E-state index contributed by atoms with van der Waals surface area (Å²) in [5.41, 5.74) is 5.55. The second-order valence-corrected chi connectivity index (χ2v) is 9.22. The molecule has 1 aromatic rings. The zero-order chi connectivity index (χ0) is 21.4. The summed E-state index contributed by atoms with van der Waals surface area (Å²) in [5.74, 6) is -0.938. The third-order valence-corrected chi connectivity index (χ3v) is 6.48. The predicted molar refractivity (Wildman–Crippen MR) is 119 cm³/mol. The molecule has 4 rings (SSSR count). The second kappa shape index (κ2) is 8.55. The monoisotopic (exact) mass is 414 g/mol. The van der Waals surface area contributed by atoms with Crippen LogP contribution in [-0.2, 0) is 17.6 Å². The number of benzene rings is 1. The normalized spacial score (nSPS) is 18.5. The van der Waals surface area contributed by atoms with Gasteiger partial charge in [-0.05, 0) is 71.4 Å². The van der Waals surface area contributed by atoms with E-state index in [9.17, 15) is 9.59 Å². The number of hydrogen-bond acceptors (Lipinski definition) is 7. The van der Waals surface area contributed by atoms with Gasteiger partial charge in [0.1, 0.15) is 11.1 Å². The molecular weight excluding hydrogens is 380 g/mol. The largest absolute Gasteiger partial charge is 0.386 e. The van der Waals surface area contributed by atoms with Gasteiger partial charge in [-0.25, -0.2) is 9.59 Å². The summed E-state index contributed by atoms with van der Waals surface area (Å²) in [6.07, 6.45) is 5.21. The average Bonchev–Trinajstić information content (AvgIpc) is 2.87. The highest BCUT2D eigenvalue weighted by Gasteiger charge is 2.42. The van der Waals surface area contributed by atoms with Crippen LogP contribution >= 0.6 is 0 Å². The number of rotatable bonds is 6. The van der Waals surface area contributed by atoms with Gasteiger partial charge in [-0.2, -0.15) is 0 Å². The van der Waals surface area contributed by atoms with Gasteiger partial charge in [0.15, 0.2) is 0 Å². The van der Waals surface area contributed by atoms with E-state index in [-0.39, 0.29) is 0 Å². The number of carbonyl (C=O) groups is 2. The Kier molecular flexibility index (Phi) is 6.02. The summed E-state index contributed by atoms with van der Waals surface area (Å²) < 4.78 is 5.20. The molecule has 164 valence electrons. The van der Waals surface area contributed by atoms with Gasteiger partial charge in [0.05, 0.1) is 11.4 Å². The SMILES string of the molecule is CN(C)CCN1CCCCc2c3c(c4c(c21)C(=O)OC4=O)N(CCN(C)C)CCC3. The molecule has 0 spiro atoms. The van der Waals surface area contributed by atoms with Crippen LogP contribution in [-0.4, -0.2) is 89.2 Å². The lowest BCUT2D eigenvalue weighted by Gasteiger charge is -2.37. The first-order valence-electron chi connectivity index (χ1n) is 11.2. The number of hydrogen-bond donors (Lipinski definition) is 0. The molecule has 0 aromatic heterocycles. The van der Waals surface area contributed by atoms with Gasteiger partial charge < -0.3 is 24.3 Å². The molecule has 3 aliphatic rings. The van der Waals surface area contributed by atoms with Crippen molar-refractivity contribution < 1.29 is 14.3 Å². The highest BCUT2D eigenvalue weighted by Crippen LogP contribution is 2.46. The molecule has 0 radical (unpaired) electrons. The number of cyclic esters (lactones) is 2. The Morgan fingerprint density at radius 1 is 0.733 bits per heavy atom. The molecule has 7 heteroatoms. The molecule has 3 heterocycles. The van der Waals surface area contributed by atoms with E-state index in [1.165, 1.54) is 11.1 Å². The van der Waals surface area contributed by atoms with Gasteiger partial charge in [-0.15, -0.1) is 0 Å². The Labute approximate surface area is 179 Å². The number of nitrogens with zero attached hydrogens (tertiary/aromatic N) is 4. The molecule has 0 amide bonds. The first-order chi connectivity index (χ1) is 14.4. The lowest BCUT2D eigenvalue weighted by atomic mass is 9.86. The Bertz CT molecular complexity index is 850. The molecule has 0 saturated heterocycles. The number of fused-ring (bicyclic) bond motifs is 6. The van der Waals surface area contributed by atoms with Crippen molar-refractivity contribution in [1.29, 1.82) is 0 Å². The van der Waals surface area contributed by atoms with E-state index in [2.05, 4.69) is 47.8 Å². The van der Waals surface area contributed by atoms with Gasteiger partial charge >= 0.3 is 11.9 Å². The van der Waals surface area contributed by atoms with Gasteiger partial charge in [-0.3, -0.25) is 0 Å². The van der Waals surface area contributed by atoms with Crippen LogP contribution in [0.1, 0.15) is 51.1 Å². The average molecular weight is 415 g/mol. The molecule has 0 N–H and O–H groups in total. The summed E-state index contributed by atoms with van der Waals surface area (Å²) in [6, 6.07) is 0. The van der Waals surface area contributed by atoms with Gasteiger partial charge in [0.25, 0.3) is 0 Å². The number of carbonyl (C=O) groups excluding carboxylic acids is 2. The summed E-state index contributed by atoms with van der Waals surface area (Å²) >= 11 is 0. The highest BCUT2D eigenvalue weighted by molar-refractivity contribution is 6.21. The zero-order valence-electron chi connectivity index (χ0n) is 18.8. The van der Waals surface area contributed by atoms with Gasteiger partial charge in [0.2, 0.25) is 0 Å². The minimum Gasteiger partial charge on any atom is -0.386 e. The number of esters is 2. The first kappa shape index (κ1) is 21.1. The fourth-order valence-corrected chi connectivity index (χ4v) is 5.01. The quantitative estimate of drug-likeness (QED) is 0.521.